The third kappa shape index (κ3) is 3.33. The molecular formula is C17H13ClN4O. The van der Waals surface area contributed by atoms with E-state index in [0.29, 0.717) is 29.2 Å². The third-order valence-corrected chi connectivity index (χ3v) is 3.81. The van der Waals surface area contributed by atoms with Gasteiger partial charge in [-0.25, -0.2) is 0 Å². The normalized spacial score (nSPS) is 10.4. The second-order valence-electron chi connectivity index (χ2n) is 5.03. The van der Waals surface area contributed by atoms with Crippen molar-refractivity contribution >= 4 is 34.1 Å². The van der Waals surface area contributed by atoms with E-state index in [1.54, 1.807) is 35.1 Å². The van der Waals surface area contributed by atoms with Crippen molar-refractivity contribution in [3.8, 4) is 6.07 Å². The van der Waals surface area contributed by atoms with E-state index in [0.717, 1.165) is 10.9 Å². The molecule has 0 aliphatic rings. The van der Waals surface area contributed by atoms with Crippen LogP contribution < -0.4 is 5.32 Å². The lowest BCUT2D eigenvalue weighted by molar-refractivity contribution is -0.116. The zero-order chi connectivity index (χ0) is 16.2. The molecule has 6 heteroatoms. The molecule has 1 amide bonds. The van der Waals surface area contributed by atoms with Crippen molar-refractivity contribution in [2.24, 2.45) is 0 Å². The molecule has 23 heavy (non-hydrogen) atoms. The van der Waals surface area contributed by atoms with E-state index in [9.17, 15) is 4.79 Å². The summed E-state index contributed by atoms with van der Waals surface area (Å²) in [6, 6.07) is 14.4. The maximum Gasteiger partial charge on any atom is 0.226 e. The number of amides is 1. The van der Waals surface area contributed by atoms with Gasteiger partial charge < -0.3 is 5.32 Å². The second-order valence-corrected chi connectivity index (χ2v) is 5.43. The molecule has 0 saturated heterocycles. The quantitative estimate of drug-likeness (QED) is 0.797. The first-order valence-electron chi connectivity index (χ1n) is 7.07. The van der Waals surface area contributed by atoms with Crippen molar-refractivity contribution in [3.63, 3.8) is 0 Å². The molecule has 1 N–H and O–H groups in total. The molecule has 0 bridgehead atoms. The van der Waals surface area contributed by atoms with Gasteiger partial charge in [0.15, 0.2) is 0 Å². The lowest BCUT2D eigenvalue weighted by Gasteiger charge is -2.06. The summed E-state index contributed by atoms with van der Waals surface area (Å²) >= 11 is 6.11. The number of carbonyl (C=O) groups excluding carboxylic acids is 1. The lowest BCUT2D eigenvalue weighted by atomic mass is 10.2. The minimum atomic E-state index is -0.111. The van der Waals surface area contributed by atoms with Gasteiger partial charge >= 0.3 is 0 Å². The van der Waals surface area contributed by atoms with Crippen LogP contribution in [-0.2, 0) is 11.3 Å². The number of nitrogens with one attached hydrogen (secondary N) is 1. The minimum absolute atomic E-state index is 0.111. The zero-order valence-electron chi connectivity index (χ0n) is 12.2. The van der Waals surface area contributed by atoms with Crippen LogP contribution in [0.25, 0.3) is 10.9 Å². The van der Waals surface area contributed by atoms with Crippen molar-refractivity contribution in [1.82, 2.24) is 9.78 Å². The fourth-order valence-corrected chi connectivity index (χ4v) is 2.52. The van der Waals surface area contributed by atoms with Gasteiger partial charge in [-0.05, 0) is 36.4 Å². The first-order chi connectivity index (χ1) is 11.2. The number of benzene rings is 2. The molecule has 0 unspecified atom stereocenters. The van der Waals surface area contributed by atoms with E-state index in [4.69, 9.17) is 16.9 Å². The molecule has 0 radical (unpaired) electrons. The largest absolute Gasteiger partial charge is 0.326 e. The number of anilines is 1. The minimum Gasteiger partial charge on any atom is -0.326 e. The van der Waals surface area contributed by atoms with Gasteiger partial charge in [0.25, 0.3) is 0 Å². The van der Waals surface area contributed by atoms with Gasteiger partial charge in [0.1, 0.15) is 0 Å². The van der Waals surface area contributed by atoms with Crippen molar-refractivity contribution in [2.45, 2.75) is 13.0 Å². The Hall–Kier alpha value is -2.84. The number of carbonyl (C=O) groups is 1. The number of fused-ring (bicyclic) bond motifs is 1. The van der Waals surface area contributed by atoms with Crippen molar-refractivity contribution in [3.05, 3.63) is 59.2 Å². The Balaban J connectivity index is 1.64. The van der Waals surface area contributed by atoms with Crippen LogP contribution in [0.3, 0.4) is 0 Å². The van der Waals surface area contributed by atoms with E-state index in [-0.39, 0.29) is 5.91 Å². The van der Waals surface area contributed by atoms with Gasteiger partial charge in [-0.15, -0.1) is 0 Å². The fraction of sp³-hybridized carbons (Fsp3) is 0.118. The number of aryl methyl sites for hydroxylation is 1. The molecule has 0 aliphatic heterocycles. The number of hydrogen-bond donors (Lipinski definition) is 1. The first-order valence-corrected chi connectivity index (χ1v) is 7.45. The van der Waals surface area contributed by atoms with Gasteiger partial charge in [0.2, 0.25) is 5.91 Å². The molecule has 3 aromatic rings. The van der Waals surface area contributed by atoms with Crippen molar-refractivity contribution < 1.29 is 4.79 Å². The summed E-state index contributed by atoms with van der Waals surface area (Å²) in [6.07, 6.45) is 2.00. The molecule has 0 spiro atoms. The molecule has 0 saturated carbocycles. The van der Waals surface area contributed by atoms with Gasteiger partial charge in [-0.2, -0.15) is 10.4 Å². The van der Waals surface area contributed by atoms with E-state index in [1.165, 1.54) is 0 Å². The van der Waals surface area contributed by atoms with Crippen LogP contribution in [0.15, 0.2) is 48.7 Å². The molecule has 1 aromatic heterocycles. The average molecular weight is 325 g/mol. The molecule has 3 rings (SSSR count). The molecular weight excluding hydrogens is 312 g/mol. The van der Waals surface area contributed by atoms with Gasteiger partial charge in [-0.1, -0.05) is 17.7 Å². The maximum atomic E-state index is 12.0. The maximum absolute atomic E-state index is 12.0. The fourth-order valence-electron chi connectivity index (χ4n) is 2.31. The monoisotopic (exact) mass is 324 g/mol. The molecule has 114 valence electrons. The summed E-state index contributed by atoms with van der Waals surface area (Å²) in [5, 5.41) is 17.3. The number of nitriles is 1. The molecule has 1 heterocycles. The Morgan fingerprint density at radius 1 is 1.26 bits per heavy atom. The van der Waals surface area contributed by atoms with E-state index >= 15 is 0 Å². The van der Waals surface area contributed by atoms with Gasteiger partial charge in [0, 0.05) is 17.5 Å². The van der Waals surface area contributed by atoms with Crippen LogP contribution in [-0.4, -0.2) is 15.7 Å². The van der Waals surface area contributed by atoms with Crippen LogP contribution in [0.4, 0.5) is 5.69 Å². The Bertz CT molecular complexity index is 893. The highest BCUT2D eigenvalue weighted by Crippen LogP contribution is 2.22. The van der Waals surface area contributed by atoms with Crippen molar-refractivity contribution in [2.75, 3.05) is 5.32 Å². The Morgan fingerprint density at radius 2 is 2.04 bits per heavy atom. The molecule has 0 aliphatic carbocycles. The van der Waals surface area contributed by atoms with E-state index in [1.807, 2.05) is 24.3 Å². The first kappa shape index (κ1) is 15.1. The summed E-state index contributed by atoms with van der Waals surface area (Å²) in [6.45, 7) is 0.464. The van der Waals surface area contributed by atoms with Crippen LogP contribution >= 0.6 is 11.6 Å². The predicted octanol–water partition coefficient (Wildman–Crippen LogP) is 3.59. The predicted molar refractivity (Wildman–Crippen MR) is 89.1 cm³/mol. The SMILES string of the molecule is N#Cc1ccc(NC(=O)CCn2ncc3c(Cl)cccc32)cc1. The number of aromatic nitrogens is 2. The number of halogens is 1. The van der Waals surface area contributed by atoms with Crippen LogP contribution in [0.2, 0.25) is 5.02 Å². The van der Waals surface area contributed by atoms with Gasteiger partial charge in [0.05, 0.1) is 34.9 Å². The van der Waals surface area contributed by atoms with Crippen molar-refractivity contribution in [1.29, 1.82) is 5.26 Å². The van der Waals surface area contributed by atoms with Crippen LogP contribution in [0, 0.1) is 11.3 Å². The van der Waals surface area contributed by atoms with Gasteiger partial charge in [-0.3, -0.25) is 9.48 Å². The Labute approximate surface area is 138 Å². The Kier molecular flexibility index (Phi) is 4.26. The molecule has 5 nitrogen and oxygen atoms in total. The smallest absolute Gasteiger partial charge is 0.226 e. The Morgan fingerprint density at radius 3 is 2.78 bits per heavy atom. The van der Waals surface area contributed by atoms with Crippen LogP contribution in [0.5, 0.6) is 0 Å². The summed E-state index contributed by atoms with van der Waals surface area (Å²) in [4.78, 5) is 12.0. The third-order valence-electron chi connectivity index (χ3n) is 3.48. The highest BCUT2D eigenvalue weighted by atomic mass is 35.5. The summed E-state index contributed by atoms with van der Waals surface area (Å²) in [5.74, 6) is -0.111. The number of rotatable bonds is 4. The average Bonchev–Trinajstić information content (AvgIpc) is 2.98. The number of hydrogen-bond acceptors (Lipinski definition) is 3. The van der Waals surface area contributed by atoms with Crippen LogP contribution in [0.1, 0.15) is 12.0 Å². The van der Waals surface area contributed by atoms with E-state index in [2.05, 4.69) is 10.4 Å². The summed E-state index contributed by atoms with van der Waals surface area (Å²) in [7, 11) is 0. The second kappa shape index (κ2) is 6.51. The number of nitrogens with zero attached hydrogens (tertiary/aromatic N) is 3. The topological polar surface area (TPSA) is 70.7 Å². The molecule has 2 aromatic carbocycles. The lowest BCUT2D eigenvalue weighted by Crippen LogP contribution is -2.14. The highest BCUT2D eigenvalue weighted by Gasteiger charge is 2.08. The standard InChI is InChI=1S/C17H13ClN4O/c18-15-2-1-3-16-14(15)11-20-22(16)9-8-17(23)21-13-6-4-12(10-19)5-7-13/h1-7,11H,8-9H2,(H,21,23). The molecule has 0 atom stereocenters. The summed E-state index contributed by atoms with van der Waals surface area (Å²) in [5.41, 5.74) is 2.13. The molecule has 0 fully saturated rings. The highest BCUT2D eigenvalue weighted by molar-refractivity contribution is 6.35. The zero-order valence-corrected chi connectivity index (χ0v) is 12.9. The van der Waals surface area contributed by atoms with E-state index < -0.39 is 0 Å². The summed E-state index contributed by atoms with van der Waals surface area (Å²) < 4.78 is 1.76.